The second-order valence-electron chi connectivity index (χ2n) is 5.44. The number of rotatable bonds is 6. The molecule has 0 atom stereocenters. The van der Waals surface area contributed by atoms with Crippen LogP contribution in [0.3, 0.4) is 0 Å². The van der Waals surface area contributed by atoms with E-state index in [4.69, 9.17) is 5.11 Å². The predicted octanol–water partition coefficient (Wildman–Crippen LogP) is 1.08. The van der Waals surface area contributed by atoms with Crippen LogP contribution in [-0.4, -0.2) is 49.3 Å². The number of carbonyl (C=O) groups excluding carboxylic acids is 1. The summed E-state index contributed by atoms with van der Waals surface area (Å²) in [7, 11) is -3.87. The average Bonchev–Trinajstić information content (AvgIpc) is 2.89. The van der Waals surface area contributed by atoms with E-state index >= 15 is 0 Å². The van der Waals surface area contributed by atoms with Crippen molar-refractivity contribution in [1.29, 1.82) is 0 Å². The molecule has 1 aromatic carbocycles. The van der Waals surface area contributed by atoms with Gasteiger partial charge in [0, 0.05) is 25.7 Å². The fourth-order valence-electron chi connectivity index (χ4n) is 2.70. The average molecular weight is 340 g/mol. The molecule has 0 fully saturated rings. The summed E-state index contributed by atoms with van der Waals surface area (Å²) in [5.74, 6) is -1.27. The van der Waals surface area contributed by atoms with E-state index in [1.54, 1.807) is 17.9 Å². The molecule has 8 heteroatoms. The van der Waals surface area contributed by atoms with Crippen LogP contribution >= 0.6 is 0 Å². The van der Waals surface area contributed by atoms with Crippen molar-refractivity contribution in [2.24, 2.45) is 0 Å². The van der Waals surface area contributed by atoms with Gasteiger partial charge in [0.05, 0.1) is 4.90 Å². The molecule has 0 bridgehead atoms. The maximum atomic E-state index is 12.7. The van der Waals surface area contributed by atoms with Crippen molar-refractivity contribution in [2.75, 3.05) is 24.5 Å². The summed E-state index contributed by atoms with van der Waals surface area (Å²) in [4.78, 5) is 24.1. The Morgan fingerprint density at radius 3 is 2.61 bits per heavy atom. The lowest BCUT2D eigenvalue weighted by Crippen LogP contribution is -2.36. The molecular weight excluding hydrogens is 320 g/mol. The van der Waals surface area contributed by atoms with Crippen molar-refractivity contribution in [1.82, 2.24) is 4.31 Å². The lowest BCUT2D eigenvalue weighted by atomic mass is 10.2. The van der Waals surface area contributed by atoms with Crippen LogP contribution in [0.2, 0.25) is 0 Å². The second-order valence-corrected chi connectivity index (χ2v) is 7.38. The number of aliphatic carboxylic acids is 1. The molecule has 1 amide bonds. The number of hydrogen-bond donors (Lipinski definition) is 1. The molecule has 0 aromatic heterocycles. The Bertz CT molecular complexity index is 729. The highest BCUT2D eigenvalue weighted by Crippen LogP contribution is 2.31. The molecule has 1 heterocycles. The first-order valence-electron chi connectivity index (χ1n) is 7.40. The minimum absolute atomic E-state index is 0.0661. The molecule has 0 aliphatic carbocycles. The van der Waals surface area contributed by atoms with Crippen molar-refractivity contribution in [2.45, 2.75) is 31.6 Å². The maximum absolute atomic E-state index is 12.7. The molecule has 126 valence electrons. The number of anilines is 1. The van der Waals surface area contributed by atoms with Crippen LogP contribution in [0.25, 0.3) is 0 Å². The molecule has 1 N–H and O–H groups in total. The van der Waals surface area contributed by atoms with Crippen molar-refractivity contribution in [3.8, 4) is 0 Å². The van der Waals surface area contributed by atoms with Crippen LogP contribution in [0, 0.1) is 0 Å². The smallest absolute Gasteiger partial charge is 0.318 e. The third kappa shape index (κ3) is 3.53. The molecule has 0 spiro atoms. The zero-order valence-corrected chi connectivity index (χ0v) is 14.0. The monoisotopic (exact) mass is 340 g/mol. The number of carbonyl (C=O) groups is 2. The highest BCUT2D eigenvalue weighted by Gasteiger charge is 2.29. The van der Waals surface area contributed by atoms with Gasteiger partial charge in [-0.15, -0.1) is 0 Å². The van der Waals surface area contributed by atoms with E-state index in [-0.39, 0.29) is 17.3 Å². The van der Waals surface area contributed by atoms with Gasteiger partial charge in [0.2, 0.25) is 15.9 Å². The Hall–Kier alpha value is -1.93. The van der Waals surface area contributed by atoms with Gasteiger partial charge in [0.25, 0.3) is 0 Å². The minimum atomic E-state index is -3.87. The summed E-state index contributed by atoms with van der Waals surface area (Å²) in [5, 5.41) is 8.92. The molecule has 1 aliphatic rings. The summed E-state index contributed by atoms with van der Waals surface area (Å²) in [6.45, 7) is 3.37. The van der Waals surface area contributed by atoms with Crippen LogP contribution in [0.5, 0.6) is 0 Å². The lowest BCUT2D eigenvalue weighted by molar-refractivity contribution is -0.137. The van der Waals surface area contributed by atoms with Gasteiger partial charge in [-0.3, -0.25) is 9.59 Å². The Kier molecular flexibility index (Phi) is 5.06. The van der Waals surface area contributed by atoms with Crippen LogP contribution in [0.15, 0.2) is 23.1 Å². The molecule has 0 unspecified atom stereocenters. The van der Waals surface area contributed by atoms with E-state index in [1.165, 1.54) is 19.1 Å². The SMILES string of the molecule is CCCN(CC(=O)O)S(=O)(=O)c1ccc2c(c1)CCN2C(C)=O. The Balaban J connectivity index is 2.37. The maximum Gasteiger partial charge on any atom is 0.318 e. The first-order chi connectivity index (χ1) is 10.8. The van der Waals surface area contributed by atoms with E-state index in [2.05, 4.69) is 0 Å². The molecule has 7 nitrogen and oxygen atoms in total. The molecular formula is C15H20N2O5S. The summed E-state index contributed by atoms with van der Waals surface area (Å²) in [6, 6.07) is 4.58. The second kappa shape index (κ2) is 6.67. The topological polar surface area (TPSA) is 95.0 Å². The summed E-state index contributed by atoms with van der Waals surface area (Å²) in [5.41, 5.74) is 1.50. The highest BCUT2D eigenvalue weighted by atomic mass is 32.2. The number of benzene rings is 1. The molecule has 0 saturated carbocycles. The summed E-state index contributed by atoms with van der Waals surface area (Å²) >= 11 is 0. The summed E-state index contributed by atoms with van der Waals surface area (Å²) in [6.07, 6.45) is 1.11. The zero-order chi connectivity index (χ0) is 17.2. The molecule has 1 aliphatic heterocycles. The van der Waals surface area contributed by atoms with Crippen LogP contribution < -0.4 is 4.90 Å². The van der Waals surface area contributed by atoms with Gasteiger partial charge in [0.1, 0.15) is 6.54 Å². The molecule has 2 rings (SSSR count). The third-order valence-corrected chi connectivity index (χ3v) is 5.59. The molecule has 1 aromatic rings. The van der Waals surface area contributed by atoms with E-state index in [9.17, 15) is 18.0 Å². The highest BCUT2D eigenvalue weighted by molar-refractivity contribution is 7.89. The molecule has 0 saturated heterocycles. The van der Waals surface area contributed by atoms with E-state index in [0.717, 1.165) is 15.6 Å². The van der Waals surface area contributed by atoms with E-state index in [1.807, 2.05) is 0 Å². The van der Waals surface area contributed by atoms with Gasteiger partial charge in [-0.05, 0) is 36.6 Å². The van der Waals surface area contributed by atoms with Crippen molar-refractivity contribution in [3.63, 3.8) is 0 Å². The predicted molar refractivity (Wildman–Crippen MR) is 84.9 cm³/mol. The minimum Gasteiger partial charge on any atom is -0.480 e. The zero-order valence-electron chi connectivity index (χ0n) is 13.2. The number of carboxylic acids is 1. The number of sulfonamides is 1. The lowest BCUT2D eigenvalue weighted by Gasteiger charge is -2.20. The standard InChI is InChI=1S/C15H20N2O5S/c1-3-7-16(10-15(19)20)23(21,22)13-4-5-14-12(9-13)6-8-17(14)11(2)18/h4-5,9H,3,6-8,10H2,1-2H3,(H,19,20). The van der Waals surface area contributed by atoms with Crippen molar-refractivity contribution < 1.29 is 23.1 Å². The van der Waals surface area contributed by atoms with Gasteiger partial charge in [-0.1, -0.05) is 6.92 Å². The molecule has 23 heavy (non-hydrogen) atoms. The van der Waals surface area contributed by atoms with Crippen LogP contribution in [0.4, 0.5) is 5.69 Å². The number of carboxylic acid groups (broad SMARTS) is 1. The van der Waals surface area contributed by atoms with Crippen LogP contribution in [-0.2, 0) is 26.0 Å². The van der Waals surface area contributed by atoms with Crippen molar-refractivity contribution >= 4 is 27.6 Å². The largest absolute Gasteiger partial charge is 0.480 e. The van der Waals surface area contributed by atoms with Gasteiger partial charge >= 0.3 is 5.97 Å². The quantitative estimate of drug-likeness (QED) is 0.836. The number of hydrogen-bond acceptors (Lipinski definition) is 4. The normalized spacial score (nSPS) is 14.1. The Morgan fingerprint density at radius 2 is 2.04 bits per heavy atom. The summed E-state index contributed by atoms with van der Waals surface area (Å²) < 4.78 is 26.3. The number of nitrogens with zero attached hydrogens (tertiary/aromatic N) is 2. The Labute approximate surface area is 135 Å². The van der Waals surface area contributed by atoms with Crippen LogP contribution in [0.1, 0.15) is 25.8 Å². The van der Waals surface area contributed by atoms with Gasteiger partial charge in [-0.25, -0.2) is 8.42 Å². The van der Waals surface area contributed by atoms with Gasteiger partial charge in [-0.2, -0.15) is 4.31 Å². The van der Waals surface area contributed by atoms with Crippen molar-refractivity contribution in [3.05, 3.63) is 23.8 Å². The Morgan fingerprint density at radius 1 is 1.35 bits per heavy atom. The van der Waals surface area contributed by atoms with Gasteiger partial charge in [0.15, 0.2) is 0 Å². The fraction of sp³-hybridized carbons (Fsp3) is 0.467. The number of fused-ring (bicyclic) bond motifs is 1. The fourth-order valence-corrected chi connectivity index (χ4v) is 4.23. The van der Waals surface area contributed by atoms with E-state index < -0.39 is 22.5 Å². The third-order valence-electron chi connectivity index (χ3n) is 3.75. The first kappa shape index (κ1) is 17.4. The number of amides is 1. The van der Waals surface area contributed by atoms with Gasteiger partial charge < -0.3 is 10.0 Å². The first-order valence-corrected chi connectivity index (χ1v) is 8.84. The van der Waals surface area contributed by atoms with E-state index in [0.29, 0.717) is 19.4 Å². The molecule has 0 radical (unpaired) electrons.